The largest absolute Gasteiger partial charge is 0.497 e. The molecule has 1 atom stereocenters. The lowest BCUT2D eigenvalue weighted by Gasteiger charge is -2.27. The molecule has 0 bridgehead atoms. The van der Waals surface area contributed by atoms with Crippen LogP contribution in [0.25, 0.3) is 0 Å². The van der Waals surface area contributed by atoms with Gasteiger partial charge in [0.05, 0.1) is 13.2 Å². The van der Waals surface area contributed by atoms with Crippen LogP contribution in [0.2, 0.25) is 0 Å². The summed E-state index contributed by atoms with van der Waals surface area (Å²) in [7, 11) is 1.68. The van der Waals surface area contributed by atoms with E-state index in [1.165, 1.54) is 16.7 Å². The molecule has 0 saturated carbocycles. The SMILES string of the molecule is COc1ccc2c(c1)CCCC2NC(=O)c1ccc(C)c(C)c1. The molecular weight excluding hydrogens is 286 g/mol. The van der Waals surface area contributed by atoms with E-state index in [0.29, 0.717) is 0 Å². The number of hydrogen-bond acceptors (Lipinski definition) is 2. The molecule has 0 heterocycles. The Balaban J connectivity index is 1.81. The molecule has 1 amide bonds. The summed E-state index contributed by atoms with van der Waals surface area (Å²) in [6.45, 7) is 4.09. The maximum absolute atomic E-state index is 12.6. The number of aryl methyl sites for hydroxylation is 3. The van der Waals surface area contributed by atoms with E-state index in [2.05, 4.69) is 24.4 Å². The molecule has 0 saturated heterocycles. The van der Waals surface area contributed by atoms with E-state index in [-0.39, 0.29) is 11.9 Å². The van der Waals surface area contributed by atoms with Gasteiger partial charge in [0.15, 0.2) is 0 Å². The van der Waals surface area contributed by atoms with Crippen molar-refractivity contribution in [2.75, 3.05) is 7.11 Å². The first-order chi connectivity index (χ1) is 11.1. The summed E-state index contributed by atoms with van der Waals surface area (Å²) in [6.07, 6.45) is 3.11. The Hall–Kier alpha value is -2.29. The van der Waals surface area contributed by atoms with Gasteiger partial charge in [-0.25, -0.2) is 0 Å². The molecule has 1 N–H and O–H groups in total. The van der Waals surface area contributed by atoms with E-state index in [4.69, 9.17) is 4.74 Å². The molecule has 0 aromatic heterocycles. The molecule has 3 rings (SSSR count). The van der Waals surface area contributed by atoms with Crippen LogP contribution < -0.4 is 10.1 Å². The minimum absolute atomic E-state index is 0.00164. The van der Waals surface area contributed by atoms with Crippen LogP contribution in [0.1, 0.15) is 51.5 Å². The van der Waals surface area contributed by atoms with Gasteiger partial charge in [0.1, 0.15) is 5.75 Å². The van der Waals surface area contributed by atoms with E-state index in [1.54, 1.807) is 7.11 Å². The van der Waals surface area contributed by atoms with E-state index >= 15 is 0 Å². The van der Waals surface area contributed by atoms with Crippen molar-refractivity contribution in [3.8, 4) is 5.75 Å². The number of carbonyl (C=O) groups is 1. The fraction of sp³-hybridized carbons (Fsp3) is 0.350. The molecule has 2 aromatic rings. The number of nitrogens with one attached hydrogen (secondary N) is 1. The molecule has 0 aliphatic heterocycles. The molecule has 0 fully saturated rings. The number of amides is 1. The molecule has 1 aliphatic carbocycles. The van der Waals surface area contributed by atoms with Crippen LogP contribution in [0, 0.1) is 13.8 Å². The standard InChI is InChI=1S/C20H23NO2/c1-13-7-8-16(11-14(13)2)20(22)21-19-6-4-5-15-12-17(23-3)9-10-18(15)19/h7-12,19H,4-6H2,1-3H3,(H,21,22). The number of carbonyl (C=O) groups excluding carboxylic acids is 1. The van der Waals surface area contributed by atoms with Crippen LogP contribution in [-0.4, -0.2) is 13.0 Å². The summed E-state index contributed by atoms with van der Waals surface area (Å²) in [5, 5.41) is 3.20. The zero-order chi connectivity index (χ0) is 16.4. The molecule has 0 spiro atoms. The second-order valence-corrected chi connectivity index (χ2v) is 6.28. The summed E-state index contributed by atoms with van der Waals surface area (Å²) in [5.41, 5.74) is 5.58. The van der Waals surface area contributed by atoms with Crippen molar-refractivity contribution < 1.29 is 9.53 Å². The van der Waals surface area contributed by atoms with E-state index in [9.17, 15) is 4.79 Å². The first-order valence-corrected chi connectivity index (χ1v) is 8.13. The maximum atomic E-state index is 12.6. The quantitative estimate of drug-likeness (QED) is 0.926. The van der Waals surface area contributed by atoms with Crippen LogP contribution >= 0.6 is 0 Å². The van der Waals surface area contributed by atoms with Gasteiger partial charge in [0.25, 0.3) is 5.91 Å². The maximum Gasteiger partial charge on any atom is 0.251 e. The fourth-order valence-electron chi connectivity index (χ4n) is 3.19. The average molecular weight is 309 g/mol. The molecular formula is C20H23NO2. The number of hydrogen-bond donors (Lipinski definition) is 1. The van der Waals surface area contributed by atoms with Crippen LogP contribution in [-0.2, 0) is 6.42 Å². The Morgan fingerprint density at radius 3 is 2.70 bits per heavy atom. The van der Waals surface area contributed by atoms with Crippen LogP contribution in [0.4, 0.5) is 0 Å². The molecule has 23 heavy (non-hydrogen) atoms. The molecule has 0 radical (unpaired) electrons. The van der Waals surface area contributed by atoms with E-state index in [0.717, 1.165) is 36.1 Å². The summed E-state index contributed by atoms with van der Waals surface area (Å²) < 4.78 is 5.30. The van der Waals surface area contributed by atoms with E-state index < -0.39 is 0 Å². The third-order valence-electron chi connectivity index (χ3n) is 4.74. The summed E-state index contributed by atoms with van der Waals surface area (Å²) >= 11 is 0. The zero-order valence-electron chi connectivity index (χ0n) is 14.0. The van der Waals surface area contributed by atoms with Gasteiger partial charge in [0, 0.05) is 5.56 Å². The lowest BCUT2D eigenvalue weighted by Crippen LogP contribution is -2.31. The van der Waals surface area contributed by atoms with Gasteiger partial charge in [-0.15, -0.1) is 0 Å². The molecule has 3 heteroatoms. The van der Waals surface area contributed by atoms with Gasteiger partial charge in [-0.05, 0) is 79.6 Å². The predicted molar refractivity (Wildman–Crippen MR) is 92.1 cm³/mol. The molecule has 1 aliphatic rings. The highest BCUT2D eigenvalue weighted by molar-refractivity contribution is 5.94. The van der Waals surface area contributed by atoms with Gasteiger partial charge in [-0.3, -0.25) is 4.79 Å². The van der Waals surface area contributed by atoms with Crippen molar-refractivity contribution in [2.24, 2.45) is 0 Å². The predicted octanol–water partition coefficient (Wildman–Crippen LogP) is 4.12. The lowest BCUT2D eigenvalue weighted by atomic mass is 9.87. The second-order valence-electron chi connectivity index (χ2n) is 6.28. The third-order valence-corrected chi connectivity index (χ3v) is 4.74. The fourth-order valence-corrected chi connectivity index (χ4v) is 3.19. The van der Waals surface area contributed by atoms with Crippen molar-refractivity contribution >= 4 is 5.91 Å². The summed E-state index contributed by atoms with van der Waals surface area (Å²) in [5.74, 6) is 0.881. The van der Waals surface area contributed by atoms with Crippen LogP contribution in [0.3, 0.4) is 0 Å². The van der Waals surface area contributed by atoms with Crippen molar-refractivity contribution in [3.05, 3.63) is 64.2 Å². The van der Waals surface area contributed by atoms with Crippen molar-refractivity contribution in [2.45, 2.75) is 39.2 Å². The monoisotopic (exact) mass is 309 g/mol. The smallest absolute Gasteiger partial charge is 0.251 e. The van der Waals surface area contributed by atoms with Gasteiger partial charge in [0.2, 0.25) is 0 Å². The van der Waals surface area contributed by atoms with Crippen LogP contribution in [0.15, 0.2) is 36.4 Å². The van der Waals surface area contributed by atoms with Gasteiger partial charge < -0.3 is 10.1 Å². The molecule has 120 valence electrons. The minimum atomic E-state index is 0.00164. The van der Waals surface area contributed by atoms with Gasteiger partial charge in [-0.2, -0.15) is 0 Å². The lowest BCUT2D eigenvalue weighted by molar-refractivity contribution is 0.0932. The number of benzene rings is 2. The highest BCUT2D eigenvalue weighted by Gasteiger charge is 2.22. The zero-order valence-corrected chi connectivity index (χ0v) is 14.0. The Morgan fingerprint density at radius 1 is 1.13 bits per heavy atom. The van der Waals surface area contributed by atoms with Gasteiger partial charge in [-0.1, -0.05) is 12.1 Å². The molecule has 2 aromatic carbocycles. The summed E-state index contributed by atoms with van der Waals surface area (Å²) in [4.78, 5) is 12.6. The highest BCUT2D eigenvalue weighted by Crippen LogP contribution is 2.32. The van der Waals surface area contributed by atoms with E-state index in [1.807, 2.05) is 31.2 Å². The first kappa shape index (κ1) is 15.6. The normalized spacial score (nSPS) is 16.6. The number of methoxy groups -OCH3 is 1. The van der Waals surface area contributed by atoms with Crippen LogP contribution in [0.5, 0.6) is 5.75 Å². The summed E-state index contributed by atoms with van der Waals surface area (Å²) in [6, 6.07) is 12.1. The first-order valence-electron chi connectivity index (χ1n) is 8.13. The van der Waals surface area contributed by atoms with Crippen molar-refractivity contribution in [1.82, 2.24) is 5.32 Å². The molecule has 1 unspecified atom stereocenters. The topological polar surface area (TPSA) is 38.3 Å². The Bertz CT molecular complexity index is 736. The van der Waals surface area contributed by atoms with Crippen molar-refractivity contribution in [1.29, 1.82) is 0 Å². The average Bonchev–Trinajstić information content (AvgIpc) is 2.57. The second kappa shape index (κ2) is 6.45. The number of rotatable bonds is 3. The molecule has 3 nitrogen and oxygen atoms in total. The Morgan fingerprint density at radius 2 is 1.96 bits per heavy atom. The van der Waals surface area contributed by atoms with Gasteiger partial charge >= 0.3 is 0 Å². The third kappa shape index (κ3) is 3.24. The minimum Gasteiger partial charge on any atom is -0.497 e. The van der Waals surface area contributed by atoms with Crippen molar-refractivity contribution in [3.63, 3.8) is 0 Å². The number of ether oxygens (including phenoxy) is 1. The highest BCUT2D eigenvalue weighted by atomic mass is 16.5. The Labute approximate surface area is 137 Å². The Kier molecular flexibility index (Phi) is 4.37. The number of fused-ring (bicyclic) bond motifs is 1.